The molecule has 1 aromatic rings. The fraction of sp³-hybridized carbons (Fsp3) is 0.250. The van der Waals surface area contributed by atoms with E-state index in [0.29, 0.717) is 13.0 Å². The van der Waals surface area contributed by atoms with Gasteiger partial charge in [0, 0.05) is 12.1 Å². The Balaban J connectivity index is 2.76. The average Bonchev–Trinajstić information content (AvgIpc) is 2.35. The van der Waals surface area contributed by atoms with Crippen molar-refractivity contribution < 1.29 is 13.2 Å². The minimum Gasteiger partial charge on any atom is -0.366 e. The molecule has 0 fully saturated rings. The van der Waals surface area contributed by atoms with Crippen LogP contribution in [0.2, 0.25) is 0 Å². The summed E-state index contributed by atoms with van der Waals surface area (Å²) in [5, 5.41) is 0. The Kier molecular flexibility index (Phi) is 5.06. The summed E-state index contributed by atoms with van der Waals surface area (Å²) < 4.78 is 26.1. The summed E-state index contributed by atoms with van der Waals surface area (Å²) in [6.45, 7) is 2.21. The fourth-order valence-corrected chi connectivity index (χ4v) is 2.37. The van der Waals surface area contributed by atoms with E-state index in [1.54, 1.807) is 0 Å². The summed E-state index contributed by atoms with van der Waals surface area (Å²) in [6.07, 6.45) is 4.36. The van der Waals surface area contributed by atoms with Crippen molar-refractivity contribution in [3.05, 3.63) is 42.0 Å². The van der Waals surface area contributed by atoms with E-state index in [2.05, 4.69) is 4.72 Å². The molecule has 0 atom stereocenters. The van der Waals surface area contributed by atoms with E-state index in [4.69, 9.17) is 5.73 Å². The van der Waals surface area contributed by atoms with Crippen LogP contribution in [0.1, 0.15) is 23.7 Å². The third-order valence-corrected chi connectivity index (χ3v) is 3.76. The van der Waals surface area contributed by atoms with Crippen LogP contribution in [-0.4, -0.2) is 20.9 Å². The van der Waals surface area contributed by atoms with Crippen molar-refractivity contribution in [3.63, 3.8) is 0 Å². The molecule has 98 valence electrons. The van der Waals surface area contributed by atoms with Gasteiger partial charge in [0.2, 0.25) is 15.9 Å². The molecule has 5 nitrogen and oxygen atoms in total. The Morgan fingerprint density at radius 2 is 1.94 bits per heavy atom. The quantitative estimate of drug-likeness (QED) is 0.596. The van der Waals surface area contributed by atoms with E-state index in [1.165, 1.54) is 24.3 Å². The van der Waals surface area contributed by atoms with Crippen molar-refractivity contribution in [2.24, 2.45) is 5.73 Å². The van der Waals surface area contributed by atoms with Gasteiger partial charge in [-0.05, 0) is 37.6 Å². The highest BCUT2D eigenvalue weighted by Gasteiger charge is 2.13. The molecule has 1 rings (SSSR count). The van der Waals surface area contributed by atoms with Gasteiger partial charge in [0.25, 0.3) is 0 Å². The van der Waals surface area contributed by atoms with E-state index in [-0.39, 0.29) is 10.5 Å². The summed E-state index contributed by atoms with van der Waals surface area (Å²) in [4.78, 5) is 11.0. The van der Waals surface area contributed by atoms with Crippen molar-refractivity contribution in [2.45, 2.75) is 18.2 Å². The Hall–Kier alpha value is -1.66. The van der Waals surface area contributed by atoms with Crippen LogP contribution < -0.4 is 10.5 Å². The zero-order valence-corrected chi connectivity index (χ0v) is 10.9. The number of carbonyl (C=O) groups is 1. The van der Waals surface area contributed by atoms with Gasteiger partial charge in [-0.2, -0.15) is 0 Å². The number of nitrogens with one attached hydrogen (secondary N) is 1. The van der Waals surface area contributed by atoms with Crippen molar-refractivity contribution in [3.8, 4) is 0 Å². The summed E-state index contributed by atoms with van der Waals surface area (Å²) in [6, 6.07) is 5.50. The second-order valence-electron chi connectivity index (χ2n) is 3.64. The van der Waals surface area contributed by atoms with E-state index >= 15 is 0 Å². The number of nitrogens with two attached hydrogens (primary N) is 1. The number of rotatable bonds is 6. The third kappa shape index (κ3) is 3.97. The highest BCUT2D eigenvalue weighted by Crippen LogP contribution is 2.10. The molecule has 1 aromatic carbocycles. The zero-order valence-electron chi connectivity index (χ0n) is 10.1. The molecular weight excluding hydrogens is 252 g/mol. The highest BCUT2D eigenvalue weighted by molar-refractivity contribution is 7.89. The second-order valence-corrected chi connectivity index (χ2v) is 5.41. The van der Waals surface area contributed by atoms with Crippen LogP contribution in [-0.2, 0) is 10.0 Å². The molecule has 0 radical (unpaired) electrons. The molecule has 0 bridgehead atoms. The lowest BCUT2D eigenvalue weighted by Gasteiger charge is -2.05. The predicted molar refractivity (Wildman–Crippen MR) is 69.6 cm³/mol. The highest BCUT2D eigenvalue weighted by atomic mass is 32.2. The molecule has 0 aliphatic heterocycles. The second kappa shape index (κ2) is 6.32. The summed E-state index contributed by atoms with van der Waals surface area (Å²) in [7, 11) is -3.52. The zero-order chi connectivity index (χ0) is 13.6. The first kappa shape index (κ1) is 14.4. The van der Waals surface area contributed by atoms with E-state index < -0.39 is 15.9 Å². The normalized spacial score (nSPS) is 11.8. The molecule has 3 N–H and O–H groups in total. The summed E-state index contributed by atoms with van der Waals surface area (Å²) in [5.74, 6) is -0.583. The maximum Gasteiger partial charge on any atom is 0.248 e. The first-order valence-electron chi connectivity index (χ1n) is 5.48. The number of sulfonamides is 1. The summed E-state index contributed by atoms with van der Waals surface area (Å²) >= 11 is 0. The number of primary amides is 1. The largest absolute Gasteiger partial charge is 0.366 e. The lowest BCUT2D eigenvalue weighted by Crippen LogP contribution is -2.24. The molecule has 0 aromatic heterocycles. The van der Waals surface area contributed by atoms with Crippen LogP contribution in [0.4, 0.5) is 0 Å². The van der Waals surface area contributed by atoms with Gasteiger partial charge >= 0.3 is 0 Å². The van der Waals surface area contributed by atoms with Gasteiger partial charge in [-0.15, -0.1) is 0 Å². The first-order chi connectivity index (χ1) is 8.47. The summed E-state index contributed by atoms with van der Waals surface area (Å²) in [5.41, 5.74) is 5.36. The Labute approximate surface area is 107 Å². The van der Waals surface area contributed by atoms with Gasteiger partial charge in [0.15, 0.2) is 0 Å². The van der Waals surface area contributed by atoms with Gasteiger partial charge in [-0.1, -0.05) is 12.2 Å². The van der Waals surface area contributed by atoms with Gasteiger partial charge in [0.1, 0.15) is 0 Å². The monoisotopic (exact) mass is 268 g/mol. The average molecular weight is 268 g/mol. The van der Waals surface area contributed by atoms with Crippen LogP contribution in [0.15, 0.2) is 41.3 Å². The number of benzene rings is 1. The lowest BCUT2D eigenvalue weighted by molar-refractivity contribution is 0.1000. The lowest BCUT2D eigenvalue weighted by atomic mass is 10.2. The van der Waals surface area contributed by atoms with Crippen molar-refractivity contribution >= 4 is 15.9 Å². The van der Waals surface area contributed by atoms with Crippen LogP contribution in [0, 0.1) is 0 Å². The van der Waals surface area contributed by atoms with Crippen LogP contribution >= 0.6 is 0 Å². The maximum absolute atomic E-state index is 11.8. The SMILES string of the molecule is C/C=C/CCNS(=O)(=O)c1ccc(C(N)=O)cc1. The van der Waals surface area contributed by atoms with Gasteiger partial charge in [-0.25, -0.2) is 13.1 Å². The van der Waals surface area contributed by atoms with Crippen LogP contribution in [0.5, 0.6) is 0 Å². The maximum atomic E-state index is 11.8. The van der Waals surface area contributed by atoms with Crippen molar-refractivity contribution in [1.82, 2.24) is 4.72 Å². The minimum atomic E-state index is -3.52. The molecule has 18 heavy (non-hydrogen) atoms. The van der Waals surface area contributed by atoms with Gasteiger partial charge < -0.3 is 5.73 Å². The molecule has 0 saturated carbocycles. The Morgan fingerprint density at radius 1 is 1.33 bits per heavy atom. The molecule has 0 aliphatic carbocycles. The van der Waals surface area contributed by atoms with Crippen molar-refractivity contribution in [1.29, 1.82) is 0 Å². The van der Waals surface area contributed by atoms with Crippen molar-refractivity contribution in [2.75, 3.05) is 6.54 Å². The molecule has 6 heteroatoms. The number of allylic oxidation sites excluding steroid dienone is 1. The van der Waals surface area contributed by atoms with E-state index in [1.807, 2.05) is 19.1 Å². The molecular formula is C12H16N2O3S. The van der Waals surface area contributed by atoms with Gasteiger partial charge in [0.05, 0.1) is 4.90 Å². The third-order valence-electron chi connectivity index (χ3n) is 2.29. The number of carbonyl (C=O) groups excluding carboxylic acids is 1. The number of amides is 1. The first-order valence-corrected chi connectivity index (χ1v) is 6.96. The number of hydrogen-bond donors (Lipinski definition) is 2. The van der Waals surface area contributed by atoms with Crippen LogP contribution in [0.25, 0.3) is 0 Å². The molecule has 0 heterocycles. The van der Waals surface area contributed by atoms with Gasteiger partial charge in [-0.3, -0.25) is 4.79 Å². The fourth-order valence-electron chi connectivity index (χ4n) is 1.32. The smallest absolute Gasteiger partial charge is 0.248 e. The number of hydrogen-bond acceptors (Lipinski definition) is 3. The predicted octanol–water partition coefficient (Wildman–Crippen LogP) is 1.03. The molecule has 0 saturated heterocycles. The standard InChI is InChI=1S/C12H16N2O3S/c1-2-3-4-9-14-18(16,17)11-7-5-10(6-8-11)12(13)15/h2-3,5-8,14H,4,9H2,1H3,(H2,13,15)/b3-2+. The van der Waals surface area contributed by atoms with Crippen LogP contribution in [0.3, 0.4) is 0 Å². The molecule has 0 spiro atoms. The molecule has 1 amide bonds. The Morgan fingerprint density at radius 3 is 2.44 bits per heavy atom. The Bertz CT molecular complexity index is 533. The topological polar surface area (TPSA) is 89.3 Å². The molecule has 0 unspecified atom stereocenters. The minimum absolute atomic E-state index is 0.118. The van der Waals surface area contributed by atoms with E-state index in [9.17, 15) is 13.2 Å². The molecule has 0 aliphatic rings. The van der Waals surface area contributed by atoms with E-state index in [0.717, 1.165) is 0 Å².